The molecule has 1 saturated heterocycles. The van der Waals surface area contributed by atoms with Gasteiger partial charge in [0.1, 0.15) is 5.75 Å². The maximum atomic E-state index is 13.1. The van der Waals surface area contributed by atoms with Gasteiger partial charge in [0.25, 0.3) is 0 Å². The monoisotopic (exact) mass is 388 g/mol. The van der Waals surface area contributed by atoms with Crippen molar-refractivity contribution in [2.24, 2.45) is 0 Å². The summed E-state index contributed by atoms with van der Waals surface area (Å²) < 4.78 is 33.3. The van der Waals surface area contributed by atoms with Crippen molar-refractivity contribution in [3.05, 3.63) is 54.1 Å². The van der Waals surface area contributed by atoms with Crippen molar-refractivity contribution in [1.82, 2.24) is 4.31 Å². The third-order valence-corrected chi connectivity index (χ3v) is 6.48. The Kier molecular flexibility index (Phi) is 5.82. The zero-order valence-corrected chi connectivity index (χ0v) is 16.3. The molecular formula is C20H24N2O4S. The van der Waals surface area contributed by atoms with Gasteiger partial charge < -0.3 is 10.1 Å². The largest absolute Gasteiger partial charge is 0.494 e. The number of carbonyl (C=O) groups is 1. The molecule has 6 nitrogen and oxygen atoms in total. The molecule has 2 aromatic rings. The Hall–Kier alpha value is -2.38. The van der Waals surface area contributed by atoms with Crippen LogP contribution in [-0.4, -0.2) is 31.8 Å². The normalized spacial score (nSPS) is 17.6. The highest BCUT2D eigenvalue weighted by Crippen LogP contribution is 2.37. The molecule has 27 heavy (non-hydrogen) atoms. The van der Waals surface area contributed by atoms with Gasteiger partial charge in [-0.1, -0.05) is 12.1 Å². The molecule has 144 valence electrons. The lowest BCUT2D eigenvalue weighted by atomic mass is 10.1. The van der Waals surface area contributed by atoms with E-state index in [-0.39, 0.29) is 16.8 Å². The van der Waals surface area contributed by atoms with E-state index in [1.165, 1.54) is 19.1 Å². The van der Waals surface area contributed by atoms with Gasteiger partial charge in [-0.2, -0.15) is 4.31 Å². The van der Waals surface area contributed by atoms with Crippen LogP contribution in [0.4, 0.5) is 5.69 Å². The van der Waals surface area contributed by atoms with Gasteiger partial charge in [-0.05, 0) is 61.7 Å². The lowest BCUT2D eigenvalue weighted by Gasteiger charge is -2.24. The minimum absolute atomic E-state index is 0.180. The second-order valence-electron chi connectivity index (χ2n) is 6.48. The third kappa shape index (κ3) is 4.31. The van der Waals surface area contributed by atoms with E-state index in [9.17, 15) is 13.2 Å². The van der Waals surface area contributed by atoms with E-state index in [0.717, 1.165) is 24.2 Å². The van der Waals surface area contributed by atoms with Crippen LogP contribution in [0.15, 0.2) is 53.4 Å². The predicted molar refractivity (Wildman–Crippen MR) is 104 cm³/mol. The Morgan fingerprint density at radius 2 is 1.81 bits per heavy atom. The Balaban J connectivity index is 1.83. The second kappa shape index (κ2) is 8.10. The molecule has 0 aliphatic carbocycles. The van der Waals surface area contributed by atoms with E-state index in [0.29, 0.717) is 18.8 Å². The number of ether oxygens (including phenoxy) is 1. The average molecular weight is 388 g/mol. The molecule has 1 atom stereocenters. The summed E-state index contributed by atoms with van der Waals surface area (Å²) in [4.78, 5) is 11.4. The maximum Gasteiger partial charge on any atom is 0.243 e. The lowest BCUT2D eigenvalue weighted by Crippen LogP contribution is -2.30. The molecule has 1 heterocycles. The molecular weight excluding hydrogens is 364 g/mol. The summed E-state index contributed by atoms with van der Waals surface area (Å²) in [6.45, 7) is 4.43. The summed E-state index contributed by atoms with van der Waals surface area (Å²) in [5.74, 6) is 0.586. The van der Waals surface area contributed by atoms with Gasteiger partial charge in [0.15, 0.2) is 0 Å². The number of carbonyl (C=O) groups excluding carboxylic acids is 1. The summed E-state index contributed by atoms with van der Waals surface area (Å²) in [5, 5.41) is 2.64. The Morgan fingerprint density at radius 3 is 2.41 bits per heavy atom. The van der Waals surface area contributed by atoms with Crippen LogP contribution < -0.4 is 10.1 Å². The van der Waals surface area contributed by atoms with Gasteiger partial charge in [0.2, 0.25) is 15.9 Å². The summed E-state index contributed by atoms with van der Waals surface area (Å²) in [5.41, 5.74) is 1.54. The molecule has 0 spiro atoms. The van der Waals surface area contributed by atoms with E-state index in [2.05, 4.69) is 5.32 Å². The summed E-state index contributed by atoms with van der Waals surface area (Å²) >= 11 is 0. The molecule has 1 N–H and O–H groups in total. The number of hydrogen-bond acceptors (Lipinski definition) is 4. The Morgan fingerprint density at radius 1 is 1.15 bits per heavy atom. The Bertz CT molecular complexity index is 893. The number of sulfonamides is 1. The first-order valence-corrected chi connectivity index (χ1v) is 10.5. The highest BCUT2D eigenvalue weighted by atomic mass is 32.2. The fraction of sp³-hybridized carbons (Fsp3) is 0.350. The van der Waals surface area contributed by atoms with Crippen molar-refractivity contribution in [2.45, 2.75) is 37.6 Å². The van der Waals surface area contributed by atoms with E-state index in [4.69, 9.17) is 4.74 Å². The number of amides is 1. The molecule has 7 heteroatoms. The van der Waals surface area contributed by atoms with E-state index in [1.807, 2.05) is 31.2 Å². The zero-order chi connectivity index (χ0) is 19.4. The smallest absolute Gasteiger partial charge is 0.243 e. The van der Waals surface area contributed by atoms with Crippen LogP contribution in [0.1, 0.15) is 38.3 Å². The maximum absolute atomic E-state index is 13.1. The molecule has 0 aromatic heterocycles. The van der Waals surface area contributed by atoms with Gasteiger partial charge in [-0.3, -0.25) is 4.79 Å². The predicted octanol–water partition coefficient (Wildman–Crippen LogP) is 3.57. The molecule has 1 fully saturated rings. The Labute approximate surface area is 160 Å². The molecule has 2 aromatic carbocycles. The minimum atomic E-state index is -3.61. The topological polar surface area (TPSA) is 75.7 Å². The number of anilines is 1. The standard InChI is InChI=1S/C20H24N2O4S/c1-3-26-18-10-6-16(7-11-18)20-5-4-14-22(20)27(24,25)19-12-8-17(9-13-19)21-15(2)23/h6-13,20H,3-5,14H2,1-2H3,(H,21,23). The van der Waals surface area contributed by atoms with Crippen molar-refractivity contribution in [3.8, 4) is 5.75 Å². The van der Waals surface area contributed by atoms with E-state index >= 15 is 0 Å². The van der Waals surface area contributed by atoms with Gasteiger partial charge in [0.05, 0.1) is 17.5 Å². The molecule has 0 radical (unpaired) electrons. The van der Waals surface area contributed by atoms with Crippen LogP contribution in [0.2, 0.25) is 0 Å². The minimum Gasteiger partial charge on any atom is -0.494 e. The number of rotatable bonds is 6. The van der Waals surface area contributed by atoms with Crippen LogP contribution in [-0.2, 0) is 14.8 Å². The number of hydrogen-bond donors (Lipinski definition) is 1. The number of nitrogens with zero attached hydrogens (tertiary/aromatic N) is 1. The van der Waals surface area contributed by atoms with E-state index in [1.54, 1.807) is 16.4 Å². The lowest BCUT2D eigenvalue weighted by molar-refractivity contribution is -0.114. The molecule has 0 saturated carbocycles. The fourth-order valence-electron chi connectivity index (χ4n) is 3.36. The molecule has 1 unspecified atom stereocenters. The van der Waals surface area contributed by atoms with Crippen molar-refractivity contribution in [2.75, 3.05) is 18.5 Å². The van der Waals surface area contributed by atoms with Gasteiger partial charge in [0, 0.05) is 19.2 Å². The van der Waals surface area contributed by atoms with Gasteiger partial charge in [-0.15, -0.1) is 0 Å². The first-order valence-electron chi connectivity index (χ1n) is 9.04. The summed E-state index contributed by atoms with van der Waals surface area (Å²) in [7, 11) is -3.61. The van der Waals surface area contributed by atoms with Crippen molar-refractivity contribution in [3.63, 3.8) is 0 Å². The summed E-state index contributed by atoms with van der Waals surface area (Å²) in [6.07, 6.45) is 1.61. The SMILES string of the molecule is CCOc1ccc(C2CCCN2S(=O)(=O)c2ccc(NC(C)=O)cc2)cc1. The van der Waals surface area contributed by atoms with Crippen molar-refractivity contribution < 1.29 is 17.9 Å². The van der Waals surface area contributed by atoms with E-state index < -0.39 is 10.0 Å². The molecule has 1 amide bonds. The molecule has 3 rings (SSSR count). The summed E-state index contributed by atoms with van der Waals surface area (Å²) in [6, 6.07) is 13.7. The van der Waals surface area contributed by atoms with Crippen LogP contribution >= 0.6 is 0 Å². The first-order chi connectivity index (χ1) is 12.9. The highest BCUT2D eigenvalue weighted by Gasteiger charge is 2.36. The van der Waals surface area contributed by atoms with Crippen LogP contribution in [0.5, 0.6) is 5.75 Å². The van der Waals surface area contributed by atoms with Crippen LogP contribution in [0, 0.1) is 0 Å². The van der Waals surface area contributed by atoms with Gasteiger partial charge >= 0.3 is 0 Å². The first kappa shape index (κ1) is 19.4. The van der Waals surface area contributed by atoms with Crippen LogP contribution in [0.25, 0.3) is 0 Å². The van der Waals surface area contributed by atoms with Gasteiger partial charge in [-0.25, -0.2) is 8.42 Å². The van der Waals surface area contributed by atoms with Crippen molar-refractivity contribution >= 4 is 21.6 Å². The molecule has 1 aliphatic heterocycles. The van der Waals surface area contributed by atoms with Crippen molar-refractivity contribution in [1.29, 1.82) is 0 Å². The average Bonchev–Trinajstić information content (AvgIpc) is 3.13. The molecule has 0 bridgehead atoms. The van der Waals surface area contributed by atoms with Crippen LogP contribution in [0.3, 0.4) is 0 Å². The highest BCUT2D eigenvalue weighted by molar-refractivity contribution is 7.89. The third-order valence-electron chi connectivity index (χ3n) is 4.56. The zero-order valence-electron chi connectivity index (χ0n) is 15.5. The quantitative estimate of drug-likeness (QED) is 0.821. The molecule has 1 aliphatic rings. The fourth-order valence-corrected chi connectivity index (χ4v) is 5.05. The number of nitrogens with one attached hydrogen (secondary N) is 1. The second-order valence-corrected chi connectivity index (χ2v) is 8.37. The number of benzene rings is 2.